The van der Waals surface area contributed by atoms with Crippen molar-refractivity contribution in [3.63, 3.8) is 0 Å². The molecule has 0 aliphatic rings. The van der Waals surface area contributed by atoms with Crippen LogP contribution in [0.5, 0.6) is 0 Å². The van der Waals surface area contributed by atoms with E-state index in [1.54, 1.807) is 0 Å². The van der Waals surface area contributed by atoms with Gasteiger partial charge in [-0.15, -0.1) is 0 Å². The average molecular weight is 345 g/mol. The molecule has 0 aliphatic heterocycles. The van der Waals surface area contributed by atoms with Gasteiger partial charge in [0, 0.05) is 32.8 Å². The third-order valence-corrected chi connectivity index (χ3v) is 3.31. The van der Waals surface area contributed by atoms with E-state index in [0.717, 1.165) is 45.2 Å². The van der Waals surface area contributed by atoms with E-state index in [9.17, 15) is 0 Å². The zero-order valence-electron chi connectivity index (χ0n) is 16.8. The van der Waals surface area contributed by atoms with Gasteiger partial charge in [0.1, 0.15) is 0 Å². The van der Waals surface area contributed by atoms with E-state index in [2.05, 4.69) is 57.3 Å². The third kappa shape index (κ3) is 14.7. The predicted octanol–water partition coefficient (Wildman–Crippen LogP) is 1.96. The van der Waals surface area contributed by atoms with Crippen LogP contribution in [-0.2, 0) is 9.47 Å². The Labute approximate surface area is 149 Å². The summed E-state index contributed by atoms with van der Waals surface area (Å²) in [6.45, 7) is 14.9. The van der Waals surface area contributed by atoms with Gasteiger partial charge in [-0.1, -0.05) is 27.2 Å². The van der Waals surface area contributed by atoms with Crippen LogP contribution in [0.25, 0.3) is 0 Å². The van der Waals surface area contributed by atoms with Crippen molar-refractivity contribution in [2.24, 2.45) is 10.4 Å². The summed E-state index contributed by atoms with van der Waals surface area (Å²) in [5, 5.41) is 6.60. The van der Waals surface area contributed by atoms with Crippen LogP contribution in [0.15, 0.2) is 4.99 Å². The number of rotatable bonds is 14. The van der Waals surface area contributed by atoms with Gasteiger partial charge in [0.15, 0.2) is 5.96 Å². The maximum absolute atomic E-state index is 5.56. The first-order valence-electron chi connectivity index (χ1n) is 9.23. The van der Waals surface area contributed by atoms with Gasteiger partial charge in [0.25, 0.3) is 0 Å². The Bertz CT molecular complexity index is 320. The number of aliphatic imine (C=N–C) groups is 1. The van der Waals surface area contributed by atoms with Crippen LogP contribution >= 0.6 is 0 Å². The van der Waals surface area contributed by atoms with E-state index in [4.69, 9.17) is 14.5 Å². The molecule has 0 amide bonds. The minimum absolute atomic E-state index is 0.151. The normalized spacial score (nSPS) is 12.7. The minimum Gasteiger partial charge on any atom is -0.379 e. The highest BCUT2D eigenvalue weighted by atomic mass is 16.5. The molecular weight excluding hydrogens is 304 g/mol. The molecule has 0 heterocycles. The van der Waals surface area contributed by atoms with Crippen molar-refractivity contribution in [2.75, 3.05) is 66.7 Å². The first-order valence-corrected chi connectivity index (χ1v) is 9.23. The van der Waals surface area contributed by atoms with Crippen molar-refractivity contribution >= 4 is 5.96 Å². The molecule has 2 N–H and O–H groups in total. The summed E-state index contributed by atoms with van der Waals surface area (Å²) in [6.07, 6.45) is 2.29. The highest BCUT2D eigenvalue weighted by Crippen LogP contribution is 2.15. The highest BCUT2D eigenvalue weighted by molar-refractivity contribution is 5.79. The highest BCUT2D eigenvalue weighted by Gasteiger charge is 2.18. The number of nitrogens with one attached hydrogen (secondary N) is 2. The molecular formula is C18H40N4O2. The molecule has 0 atom stereocenters. The topological polar surface area (TPSA) is 58.1 Å². The number of ether oxygens (including phenoxy) is 2. The summed E-state index contributed by atoms with van der Waals surface area (Å²) < 4.78 is 11.0. The van der Waals surface area contributed by atoms with Crippen LogP contribution in [0, 0.1) is 5.41 Å². The zero-order chi connectivity index (χ0) is 18.3. The first-order chi connectivity index (χ1) is 11.4. The van der Waals surface area contributed by atoms with Crippen LogP contribution < -0.4 is 10.6 Å². The zero-order valence-corrected chi connectivity index (χ0v) is 16.8. The molecule has 24 heavy (non-hydrogen) atoms. The molecule has 0 spiro atoms. The monoisotopic (exact) mass is 344 g/mol. The van der Waals surface area contributed by atoms with E-state index in [-0.39, 0.29) is 5.41 Å². The molecule has 0 unspecified atom stereocenters. The van der Waals surface area contributed by atoms with Crippen LogP contribution in [0.3, 0.4) is 0 Å². The number of guanidine groups is 1. The number of hydrogen-bond acceptors (Lipinski definition) is 4. The molecule has 0 aromatic carbocycles. The fourth-order valence-corrected chi connectivity index (χ4v) is 2.35. The molecule has 0 saturated carbocycles. The Morgan fingerprint density at radius 3 is 2.25 bits per heavy atom. The van der Waals surface area contributed by atoms with Gasteiger partial charge >= 0.3 is 0 Å². The van der Waals surface area contributed by atoms with Crippen LogP contribution in [-0.4, -0.2) is 77.6 Å². The van der Waals surface area contributed by atoms with E-state index in [0.29, 0.717) is 19.8 Å². The minimum atomic E-state index is 0.151. The second kappa shape index (κ2) is 14.5. The van der Waals surface area contributed by atoms with Crippen molar-refractivity contribution in [3.8, 4) is 0 Å². The maximum Gasteiger partial charge on any atom is 0.191 e. The van der Waals surface area contributed by atoms with E-state index < -0.39 is 0 Å². The lowest BCUT2D eigenvalue weighted by Crippen LogP contribution is -2.40. The van der Waals surface area contributed by atoms with Gasteiger partial charge < -0.3 is 25.0 Å². The van der Waals surface area contributed by atoms with Crippen molar-refractivity contribution in [3.05, 3.63) is 0 Å². The van der Waals surface area contributed by atoms with Crippen molar-refractivity contribution in [1.29, 1.82) is 0 Å². The van der Waals surface area contributed by atoms with Crippen molar-refractivity contribution < 1.29 is 9.47 Å². The molecule has 0 aliphatic carbocycles. The summed E-state index contributed by atoms with van der Waals surface area (Å²) in [6, 6.07) is 0. The molecule has 6 heteroatoms. The average Bonchev–Trinajstić information content (AvgIpc) is 2.49. The Morgan fingerprint density at radius 2 is 1.67 bits per heavy atom. The lowest BCUT2D eigenvalue weighted by Gasteiger charge is -2.26. The van der Waals surface area contributed by atoms with Gasteiger partial charge in [-0.25, -0.2) is 0 Å². The Balaban J connectivity index is 3.93. The predicted molar refractivity (Wildman–Crippen MR) is 103 cm³/mol. The van der Waals surface area contributed by atoms with Crippen LogP contribution in [0.1, 0.15) is 40.5 Å². The fraction of sp³-hybridized carbons (Fsp3) is 0.944. The summed E-state index contributed by atoms with van der Waals surface area (Å²) in [4.78, 5) is 6.89. The molecule has 0 aromatic heterocycles. The third-order valence-electron chi connectivity index (χ3n) is 3.31. The Kier molecular flexibility index (Phi) is 14.0. The molecule has 0 saturated heterocycles. The molecule has 0 bridgehead atoms. The van der Waals surface area contributed by atoms with Gasteiger partial charge in [-0.05, 0) is 32.9 Å². The number of nitrogens with zero attached hydrogens (tertiary/aromatic N) is 2. The molecule has 0 radical (unpaired) electrons. The summed E-state index contributed by atoms with van der Waals surface area (Å²) in [5.41, 5.74) is 0.151. The van der Waals surface area contributed by atoms with Crippen LogP contribution in [0.2, 0.25) is 0 Å². The van der Waals surface area contributed by atoms with Crippen molar-refractivity contribution in [1.82, 2.24) is 15.5 Å². The maximum atomic E-state index is 5.56. The second-order valence-corrected chi connectivity index (χ2v) is 7.10. The van der Waals surface area contributed by atoms with Gasteiger partial charge in [-0.2, -0.15) is 0 Å². The largest absolute Gasteiger partial charge is 0.379 e. The Morgan fingerprint density at radius 1 is 1.00 bits per heavy atom. The number of unbranched alkanes of at least 4 members (excludes halogenated alkanes) is 1. The van der Waals surface area contributed by atoms with E-state index in [1.807, 2.05) is 0 Å². The fourth-order valence-electron chi connectivity index (χ4n) is 2.35. The standard InChI is InChI=1S/C18H40N4O2/c1-7-9-11-23-13-14-24-12-10-20-17(19-8-2)21-15-18(3,4)16-22(5)6/h7-16H2,1-6H3,(H2,19,20,21). The smallest absolute Gasteiger partial charge is 0.191 e. The lowest BCUT2D eigenvalue weighted by molar-refractivity contribution is 0.0487. The number of hydrogen-bond donors (Lipinski definition) is 2. The summed E-state index contributed by atoms with van der Waals surface area (Å²) in [5.74, 6) is 0.854. The summed E-state index contributed by atoms with van der Waals surface area (Å²) in [7, 11) is 4.19. The van der Waals surface area contributed by atoms with Gasteiger partial charge in [0.2, 0.25) is 0 Å². The summed E-state index contributed by atoms with van der Waals surface area (Å²) >= 11 is 0. The van der Waals surface area contributed by atoms with E-state index in [1.165, 1.54) is 6.42 Å². The molecule has 144 valence electrons. The van der Waals surface area contributed by atoms with Crippen LogP contribution in [0.4, 0.5) is 0 Å². The quantitative estimate of drug-likeness (QED) is 0.287. The molecule has 0 fully saturated rings. The van der Waals surface area contributed by atoms with Gasteiger partial charge in [-0.3, -0.25) is 4.99 Å². The van der Waals surface area contributed by atoms with E-state index >= 15 is 0 Å². The molecule has 6 nitrogen and oxygen atoms in total. The molecule has 0 rings (SSSR count). The van der Waals surface area contributed by atoms with Gasteiger partial charge in [0.05, 0.1) is 19.8 Å². The Hall–Kier alpha value is -0.850. The molecule has 0 aromatic rings. The first kappa shape index (κ1) is 23.1. The SMILES string of the molecule is CCCCOCCOCCNC(=NCC(C)(C)CN(C)C)NCC. The lowest BCUT2D eigenvalue weighted by atomic mass is 9.93. The second-order valence-electron chi connectivity index (χ2n) is 7.10. The van der Waals surface area contributed by atoms with Crippen molar-refractivity contribution in [2.45, 2.75) is 40.5 Å².